The maximum absolute atomic E-state index is 11.4. The molecule has 1 fully saturated rings. The summed E-state index contributed by atoms with van der Waals surface area (Å²) in [6.07, 6.45) is 3.48. The highest BCUT2D eigenvalue weighted by Crippen LogP contribution is 2.30. The van der Waals surface area contributed by atoms with Crippen LogP contribution in [0.4, 0.5) is 23.4 Å². The molecule has 1 aliphatic heterocycles. The Balaban J connectivity index is 1.58. The molecule has 1 saturated heterocycles. The van der Waals surface area contributed by atoms with Crippen LogP contribution < -0.4 is 31.6 Å². The molecular weight excluding hydrogens is 436 g/mol. The largest absolute Gasteiger partial charge is 0.490 e. The van der Waals surface area contributed by atoms with Crippen molar-refractivity contribution in [1.29, 1.82) is 0 Å². The topological polar surface area (TPSA) is 188 Å². The van der Waals surface area contributed by atoms with Crippen LogP contribution in [0.5, 0.6) is 5.75 Å². The number of primary sulfonamides is 1. The highest BCUT2D eigenvalue weighted by Gasteiger charge is 2.21. The number of aromatic nitrogens is 5. The van der Waals surface area contributed by atoms with Crippen molar-refractivity contribution in [3.05, 3.63) is 30.6 Å². The van der Waals surface area contributed by atoms with Crippen LogP contribution in [0.2, 0.25) is 0 Å². The van der Waals surface area contributed by atoms with Gasteiger partial charge in [-0.15, -0.1) is 5.10 Å². The van der Waals surface area contributed by atoms with Gasteiger partial charge in [0.05, 0.1) is 12.0 Å². The number of nitrogen functional groups attached to an aromatic ring is 1. The van der Waals surface area contributed by atoms with Crippen LogP contribution in [0.25, 0.3) is 5.82 Å². The SMILES string of the molecule is COc1c(NC2CCCNC2)ncnc1-n1nc(Nc2ccc(S(N)(=O)=O)cc2)nc1N. The number of nitrogens with zero attached hydrogens (tertiary/aromatic N) is 5. The van der Waals surface area contributed by atoms with Gasteiger partial charge >= 0.3 is 0 Å². The fourth-order valence-electron chi connectivity index (χ4n) is 3.36. The molecule has 3 aromatic rings. The Bertz CT molecular complexity index is 1190. The van der Waals surface area contributed by atoms with Crippen LogP contribution >= 0.6 is 0 Å². The second-order valence-corrected chi connectivity index (χ2v) is 8.73. The number of ether oxygens (including phenoxy) is 1. The number of benzene rings is 1. The molecule has 0 spiro atoms. The first kappa shape index (κ1) is 21.7. The Morgan fingerprint density at radius 3 is 2.69 bits per heavy atom. The van der Waals surface area contributed by atoms with Crippen LogP contribution in [-0.4, -0.2) is 59.4 Å². The van der Waals surface area contributed by atoms with E-state index in [0.717, 1.165) is 25.9 Å². The van der Waals surface area contributed by atoms with Gasteiger partial charge in [-0.1, -0.05) is 0 Å². The number of rotatable bonds is 7. The van der Waals surface area contributed by atoms with Gasteiger partial charge in [0.2, 0.25) is 33.5 Å². The number of sulfonamides is 1. The molecule has 13 nitrogen and oxygen atoms in total. The van der Waals surface area contributed by atoms with Crippen molar-refractivity contribution in [1.82, 2.24) is 30.0 Å². The van der Waals surface area contributed by atoms with Crippen LogP contribution in [0.3, 0.4) is 0 Å². The Hall–Kier alpha value is -3.49. The first-order valence-electron chi connectivity index (χ1n) is 9.84. The van der Waals surface area contributed by atoms with Crippen molar-refractivity contribution >= 4 is 33.4 Å². The average Bonchev–Trinajstić information content (AvgIpc) is 3.13. The Morgan fingerprint density at radius 2 is 2.03 bits per heavy atom. The molecule has 0 aliphatic carbocycles. The summed E-state index contributed by atoms with van der Waals surface area (Å²) in [6, 6.07) is 6.06. The van der Waals surface area contributed by atoms with Gasteiger partial charge in [-0.2, -0.15) is 9.67 Å². The Labute approximate surface area is 184 Å². The van der Waals surface area contributed by atoms with Gasteiger partial charge in [-0.25, -0.2) is 23.5 Å². The highest BCUT2D eigenvalue weighted by atomic mass is 32.2. The fourth-order valence-corrected chi connectivity index (χ4v) is 3.88. The second-order valence-electron chi connectivity index (χ2n) is 7.17. The molecule has 7 N–H and O–H groups in total. The normalized spacial score (nSPS) is 16.5. The Morgan fingerprint density at radius 1 is 1.25 bits per heavy atom. The lowest BCUT2D eigenvalue weighted by Crippen LogP contribution is -2.38. The standard InChI is InChI=1S/C18H24N10O3S/c1-31-14-15(24-12-3-2-8-21-9-12)22-10-23-16(14)28-17(19)26-18(27-28)25-11-4-6-13(7-5-11)32(20,29)30/h4-7,10,12,21H,2-3,8-9H2,1H3,(H2,20,29,30)(H,22,23,24)(H3,19,25,26,27). The molecule has 0 saturated carbocycles. The molecule has 1 aliphatic rings. The van der Waals surface area contributed by atoms with Crippen molar-refractivity contribution < 1.29 is 13.2 Å². The maximum atomic E-state index is 11.4. The molecule has 4 rings (SSSR count). The van der Waals surface area contributed by atoms with E-state index >= 15 is 0 Å². The molecule has 2 aromatic heterocycles. The average molecular weight is 461 g/mol. The monoisotopic (exact) mass is 460 g/mol. The van der Waals surface area contributed by atoms with Gasteiger partial charge in [0, 0.05) is 18.3 Å². The van der Waals surface area contributed by atoms with Crippen LogP contribution in [0.1, 0.15) is 12.8 Å². The smallest absolute Gasteiger partial charge is 0.248 e. The zero-order chi connectivity index (χ0) is 22.7. The molecule has 170 valence electrons. The van der Waals surface area contributed by atoms with E-state index in [4.69, 9.17) is 15.6 Å². The lowest BCUT2D eigenvalue weighted by Gasteiger charge is -2.25. The summed E-state index contributed by atoms with van der Waals surface area (Å²) in [7, 11) is -2.26. The molecule has 14 heteroatoms. The lowest BCUT2D eigenvalue weighted by atomic mass is 10.1. The number of nitrogens with one attached hydrogen (secondary N) is 3. The third-order valence-electron chi connectivity index (χ3n) is 4.90. The number of piperidine rings is 1. The van der Waals surface area contributed by atoms with E-state index < -0.39 is 10.0 Å². The maximum Gasteiger partial charge on any atom is 0.248 e. The van der Waals surface area contributed by atoms with Crippen LogP contribution in [0, 0.1) is 0 Å². The second kappa shape index (κ2) is 8.94. The first-order chi connectivity index (χ1) is 15.3. The van der Waals surface area contributed by atoms with Crippen LogP contribution in [-0.2, 0) is 10.0 Å². The zero-order valence-corrected chi connectivity index (χ0v) is 18.1. The molecule has 32 heavy (non-hydrogen) atoms. The van der Waals surface area contributed by atoms with E-state index in [1.165, 1.54) is 30.3 Å². The summed E-state index contributed by atoms with van der Waals surface area (Å²) in [6.45, 7) is 1.83. The molecule has 0 amide bonds. The molecule has 1 atom stereocenters. The minimum absolute atomic E-state index is 0.0000282. The predicted molar refractivity (Wildman–Crippen MR) is 119 cm³/mol. The van der Waals surface area contributed by atoms with Gasteiger partial charge < -0.3 is 26.4 Å². The highest BCUT2D eigenvalue weighted by molar-refractivity contribution is 7.89. The van der Waals surface area contributed by atoms with Gasteiger partial charge in [0.1, 0.15) is 6.33 Å². The van der Waals surface area contributed by atoms with Crippen molar-refractivity contribution in [3.63, 3.8) is 0 Å². The van der Waals surface area contributed by atoms with Crippen molar-refractivity contribution in [2.45, 2.75) is 23.8 Å². The summed E-state index contributed by atoms with van der Waals surface area (Å²) in [5.74, 6) is 1.53. The first-order valence-corrected chi connectivity index (χ1v) is 11.4. The van der Waals surface area contributed by atoms with Gasteiger partial charge in [-0.05, 0) is 43.7 Å². The molecule has 1 aromatic carbocycles. The summed E-state index contributed by atoms with van der Waals surface area (Å²) in [5.41, 5.74) is 6.63. The third-order valence-corrected chi connectivity index (χ3v) is 5.83. The lowest BCUT2D eigenvalue weighted by molar-refractivity contribution is 0.406. The van der Waals surface area contributed by atoms with Crippen LogP contribution in [0.15, 0.2) is 35.5 Å². The number of anilines is 4. The minimum Gasteiger partial charge on any atom is -0.490 e. The minimum atomic E-state index is -3.77. The molecule has 3 heterocycles. The van der Waals surface area contributed by atoms with E-state index in [1.807, 2.05) is 0 Å². The molecular formula is C18H24N10O3S. The van der Waals surface area contributed by atoms with E-state index in [0.29, 0.717) is 23.1 Å². The van der Waals surface area contributed by atoms with Gasteiger partial charge in [0.25, 0.3) is 0 Å². The summed E-state index contributed by atoms with van der Waals surface area (Å²) < 4.78 is 29.7. The van der Waals surface area contributed by atoms with E-state index in [1.54, 1.807) is 12.1 Å². The Kier molecular flexibility index (Phi) is 6.07. The summed E-state index contributed by atoms with van der Waals surface area (Å²) >= 11 is 0. The fraction of sp³-hybridized carbons (Fsp3) is 0.333. The third kappa shape index (κ3) is 4.71. The van der Waals surface area contributed by atoms with Crippen molar-refractivity contribution in [2.75, 3.05) is 36.6 Å². The number of hydrogen-bond acceptors (Lipinski definition) is 11. The molecule has 0 radical (unpaired) electrons. The quantitative estimate of drug-likeness (QED) is 0.324. The van der Waals surface area contributed by atoms with E-state index in [-0.39, 0.29) is 22.8 Å². The predicted octanol–water partition coefficient (Wildman–Crippen LogP) is 0.203. The molecule has 1 unspecified atom stereocenters. The molecule has 0 bridgehead atoms. The van der Waals surface area contributed by atoms with Crippen molar-refractivity contribution in [3.8, 4) is 11.6 Å². The zero-order valence-electron chi connectivity index (χ0n) is 17.3. The van der Waals surface area contributed by atoms with E-state index in [2.05, 4.69) is 36.0 Å². The number of hydrogen-bond donors (Lipinski definition) is 5. The van der Waals surface area contributed by atoms with Crippen molar-refractivity contribution in [2.24, 2.45) is 5.14 Å². The number of methoxy groups -OCH3 is 1. The summed E-state index contributed by atoms with van der Waals surface area (Å²) in [4.78, 5) is 12.8. The van der Waals surface area contributed by atoms with E-state index in [9.17, 15) is 8.42 Å². The number of nitrogens with two attached hydrogens (primary N) is 2. The van der Waals surface area contributed by atoms with Gasteiger partial charge in [0.15, 0.2) is 5.82 Å². The summed E-state index contributed by atoms with van der Waals surface area (Å²) in [5, 5.41) is 19.2. The van der Waals surface area contributed by atoms with Gasteiger partial charge in [-0.3, -0.25) is 0 Å².